The highest BCUT2D eigenvalue weighted by Gasteiger charge is 2.30. The summed E-state index contributed by atoms with van der Waals surface area (Å²) < 4.78 is 39.8. The van der Waals surface area contributed by atoms with E-state index in [9.17, 15) is 18.0 Å². The number of hydrogen-bond acceptors (Lipinski definition) is 3. The average Bonchev–Trinajstić information content (AvgIpc) is 3.19. The Hall–Kier alpha value is -3.82. The van der Waals surface area contributed by atoms with Gasteiger partial charge in [-0.05, 0) is 72.8 Å². The first kappa shape index (κ1) is 25.3. The molecule has 184 valence electrons. The van der Waals surface area contributed by atoms with Crippen LogP contribution >= 0.6 is 23.2 Å². The molecule has 1 heterocycles. The van der Waals surface area contributed by atoms with Gasteiger partial charge in [0.25, 0.3) is 0 Å². The van der Waals surface area contributed by atoms with E-state index in [0.717, 1.165) is 17.7 Å². The number of rotatable bonds is 5. The minimum absolute atomic E-state index is 0.231. The van der Waals surface area contributed by atoms with E-state index >= 15 is 0 Å². The molecule has 0 bridgehead atoms. The number of hydrogen-bond donors (Lipinski definition) is 2. The van der Waals surface area contributed by atoms with Gasteiger partial charge in [0, 0.05) is 39.6 Å². The molecule has 0 aliphatic rings. The molecule has 6 nitrogen and oxygen atoms in total. The number of benzene rings is 3. The molecule has 4 aromatic rings. The Morgan fingerprint density at radius 2 is 1.42 bits per heavy atom. The van der Waals surface area contributed by atoms with Crippen molar-refractivity contribution >= 4 is 52.8 Å². The topological polar surface area (TPSA) is 71.8 Å². The molecule has 0 fully saturated rings. The molecule has 0 atom stereocenters. The molecule has 2 N–H and O–H groups in total. The van der Waals surface area contributed by atoms with E-state index in [1.54, 1.807) is 59.2 Å². The minimum atomic E-state index is -4.44. The van der Waals surface area contributed by atoms with Crippen LogP contribution in [-0.4, -0.2) is 20.8 Å². The lowest BCUT2D eigenvalue weighted by atomic mass is 10.2. The molecule has 4 rings (SSSR count). The summed E-state index contributed by atoms with van der Waals surface area (Å²) in [6.45, 7) is 0. The molecule has 0 unspecified atom stereocenters. The van der Waals surface area contributed by atoms with Gasteiger partial charge < -0.3 is 15.2 Å². The van der Waals surface area contributed by atoms with Gasteiger partial charge in [0.1, 0.15) is 0 Å². The van der Waals surface area contributed by atoms with Gasteiger partial charge in [0.15, 0.2) is 11.6 Å². The Morgan fingerprint density at radius 3 is 1.97 bits per heavy atom. The van der Waals surface area contributed by atoms with E-state index in [2.05, 4.69) is 20.8 Å². The van der Waals surface area contributed by atoms with Gasteiger partial charge in [-0.25, -0.2) is 4.79 Å². The van der Waals surface area contributed by atoms with Crippen molar-refractivity contribution in [2.45, 2.75) is 6.18 Å². The van der Waals surface area contributed by atoms with Crippen LogP contribution in [0.2, 0.25) is 10.0 Å². The third kappa shape index (κ3) is 5.87. The maximum absolute atomic E-state index is 12.7. The van der Waals surface area contributed by atoms with Crippen LogP contribution in [0.15, 0.2) is 66.7 Å². The van der Waals surface area contributed by atoms with Gasteiger partial charge in [-0.3, -0.25) is 0 Å². The Kier molecular flexibility index (Phi) is 7.32. The molecule has 11 heteroatoms. The third-order valence-corrected chi connectivity index (χ3v) is 5.84. The number of nitrogens with zero attached hydrogens (tertiary/aromatic N) is 3. The number of anilines is 2. The number of aromatic nitrogens is 3. The van der Waals surface area contributed by atoms with Gasteiger partial charge in [0.05, 0.1) is 5.56 Å². The van der Waals surface area contributed by atoms with E-state index in [0.29, 0.717) is 32.9 Å². The van der Waals surface area contributed by atoms with E-state index < -0.39 is 17.8 Å². The summed E-state index contributed by atoms with van der Waals surface area (Å²) in [7, 11) is 1.81. The van der Waals surface area contributed by atoms with Crippen molar-refractivity contribution in [1.82, 2.24) is 14.8 Å². The summed E-state index contributed by atoms with van der Waals surface area (Å²) in [5.74, 6) is 1.18. The second kappa shape index (κ2) is 10.4. The van der Waals surface area contributed by atoms with Crippen molar-refractivity contribution in [3.05, 3.63) is 93.7 Å². The normalized spacial score (nSPS) is 11.6. The Morgan fingerprint density at radius 1 is 0.861 bits per heavy atom. The lowest BCUT2D eigenvalue weighted by molar-refractivity contribution is -0.137. The van der Waals surface area contributed by atoms with Crippen molar-refractivity contribution in [2.24, 2.45) is 7.05 Å². The van der Waals surface area contributed by atoms with Crippen molar-refractivity contribution in [1.29, 1.82) is 0 Å². The summed E-state index contributed by atoms with van der Waals surface area (Å²) in [6.07, 6.45) is -0.919. The maximum Gasteiger partial charge on any atom is 0.416 e. The number of alkyl halides is 3. The highest BCUT2D eigenvalue weighted by atomic mass is 35.5. The number of nitrogens with one attached hydrogen (secondary N) is 2. The van der Waals surface area contributed by atoms with Gasteiger partial charge in [-0.1, -0.05) is 29.3 Å². The van der Waals surface area contributed by atoms with Crippen LogP contribution in [0.5, 0.6) is 0 Å². The second-order valence-electron chi connectivity index (χ2n) is 7.64. The molecule has 1 aromatic heterocycles. The fraction of sp³-hybridized carbons (Fsp3) is 0.0800. The summed E-state index contributed by atoms with van der Waals surface area (Å²) in [5.41, 5.74) is 1.36. The summed E-state index contributed by atoms with van der Waals surface area (Å²) >= 11 is 12.4. The van der Waals surface area contributed by atoms with E-state index in [-0.39, 0.29) is 5.69 Å². The first-order valence-electron chi connectivity index (χ1n) is 10.5. The number of carbonyl (C=O) groups excluding carboxylic acids is 1. The molecule has 3 aromatic carbocycles. The zero-order valence-electron chi connectivity index (χ0n) is 18.6. The number of urea groups is 1. The zero-order valence-corrected chi connectivity index (χ0v) is 20.2. The Labute approximate surface area is 214 Å². The van der Waals surface area contributed by atoms with Crippen LogP contribution in [0.25, 0.3) is 23.5 Å². The Balaban J connectivity index is 1.41. The number of halogens is 5. The molecule has 36 heavy (non-hydrogen) atoms. The van der Waals surface area contributed by atoms with Crippen LogP contribution in [0.3, 0.4) is 0 Å². The van der Waals surface area contributed by atoms with E-state index in [1.807, 2.05) is 7.05 Å². The third-order valence-electron chi connectivity index (χ3n) is 5.18. The first-order chi connectivity index (χ1) is 17.1. The number of amides is 2. The standard InChI is InChI=1S/C25H18Cl2F3N5O/c1-35-22(14-13-19-20(26)3-2-4-21(19)27)33-34-23(35)15-5-9-17(10-6-15)31-24(36)32-18-11-7-16(8-12-18)25(28,29)30/h2-14H,1H3,(H2,31,32,36)/b14-13+. The summed E-state index contributed by atoms with van der Waals surface area (Å²) in [6, 6.07) is 15.7. The molecule has 0 aliphatic heterocycles. The molecular formula is C25H18Cl2F3N5O. The molecule has 0 saturated heterocycles. The molecule has 0 aliphatic carbocycles. The van der Waals surface area contributed by atoms with Crippen LogP contribution in [0.1, 0.15) is 17.0 Å². The zero-order chi connectivity index (χ0) is 25.9. The minimum Gasteiger partial charge on any atom is -0.311 e. The fourth-order valence-corrected chi connectivity index (χ4v) is 3.83. The number of carbonyl (C=O) groups is 1. The average molecular weight is 532 g/mol. The SMILES string of the molecule is Cn1c(/C=C/c2c(Cl)cccc2Cl)nnc1-c1ccc(NC(=O)Nc2ccc(C(F)(F)F)cc2)cc1. The monoisotopic (exact) mass is 531 g/mol. The van der Waals surface area contributed by atoms with Crippen molar-refractivity contribution in [3.63, 3.8) is 0 Å². The van der Waals surface area contributed by atoms with Gasteiger partial charge in [0.2, 0.25) is 0 Å². The van der Waals surface area contributed by atoms with Gasteiger partial charge in [-0.15, -0.1) is 10.2 Å². The van der Waals surface area contributed by atoms with Crippen molar-refractivity contribution < 1.29 is 18.0 Å². The van der Waals surface area contributed by atoms with Crippen LogP contribution in [0, 0.1) is 0 Å². The molecule has 0 saturated carbocycles. The fourth-order valence-electron chi connectivity index (χ4n) is 3.30. The quantitative estimate of drug-likeness (QED) is 0.278. The van der Waals surface area contributed by atoms with Crippen LogP contribution in [0.4, 0.5) is 29.3 Å². The molecular weight excluding hydrogens is 514 g/mol. The predicted molar refractivity (Wildman–Crippen MR) is 136 cm³/mol. The largest absolute Gasteiger partial charge is 0.416 e. The van der Waals surface area contributed by atoms with E-state index in [1.165, 1.54) is 12.1 Å². The lowest BCUT2D eigenvalue weighted by Crippen LogP contribution is -2.19. The predicted octanol–water partition coefficient (Wildman–Crippen LogP) is 7.62. The second-order valence-corrected chi connectivity index (χ2v) is 8.46. The van der Waals surface area contributed by atoms with Crippen molar-refractivity contribution in [3.8, 4) is 11.4 Å². The first-order valence-corrected chi connectivity index (χ1v) is 11.2. The van der Waals surface area contributed by atoms with E-state index in [4.69, 9.17) is 23.2 Å². The summed E-state index contributed by atoms with van der Waals surface area (Å²) in [5, 5.41) is 14.6. The van der Waals surface area contributed by atoms with Gasteiger partial charge >= 0.3 is 12.2 Å². The summed E-state index contributed by atoms with van der Waals surface area (Å²) in [4.78, 5) is 12.2. The smallest absolute Gasteiger partial charge is 0.311 e. The Bertz CT molecular complexity index is 1400. The van der Waals surface area contributed by atoms with Crippen LogP contribution in [-0.2, 0) is 13.2 Å². The molecule has 0 radical (unpaired) electrons. The molecule has 0 spiro atoms. The maximum atomic E-state index is 12.7. The van der Waals surface area contributed by atoms with Crippen molar-refractivity contribution in [2.75, 3.05) is 10.6 Å². The van der Waals surface area contributed by atoms with Gasteiger partial charge in [-0.2, -0.15) is 13.2 Å². The van der Waals surface area contributed by atoms with Crippen LogP contribution < -0.4 is 10.6 Å². The molecule has 2 amide bonds. The highest BCUT2D eigenvalue weighted by Crippen LogP contribution is 2.30. The highest BCUT2D eigenvalue weighted by molar-refractivity contribution is 6.37. The lowest BCUT2D eigenvalue weighted by Gasteiger charge is -2.10.